The number of rotatable bonds is 2. The summed E-state index contributed by atoms with van der Waals surface area (Å²) >= 11 is 0. The van der Waals surface area contributed by atoms with Crippen LogP contribution in [0.5, 0.6) is 0 Å². The number of aliphatic hydroxyl groups is 1. The molecule has 1 unspecified atom stereocenters. The number of aliphatic hydroxyl groups excluding tert-OH is 1. The Bertz CT molecular complexity index is 534. The van der Waals surface area contributed by atoms with Crippen molar-refractivity contribution in [3.05, 3.63) is 34.6 Å². The second-order valence-electron chi connectivity index (χ2n) is 4.53. The van der Waals surface area contributed by atoms with Crippen molar-refractivity contribution < 1.29 is 31.9 Å². The number of nitrogens with zero attached hydrogens (tertiary/aromatic N) is 1. The summed E-state index contributed by atoms with van der Waals surface area (Å²) in [6.45, 7) is -0.126. The molecule has 20 heavy (non-hydrogen) atoms. The predicted octanol–water partition coefficient (Wildman–Crippen LogP) is 1.84. The van der Waals surface area contributed by atoms with Gasteiger partial charge in [0.05, 0.1) is 0 Å². The molecule has 0 aromatic heterocycles. The van der Waals surface area contributed by atoms with Gasteiger partial charge < -0.3 is 10.0 Å². The first-order valence-corrected chi connectivity index (χ1v) is 5.80. The highest BCUT2D eigenvalue weighted by Gasteiger charge is 2.34. The monoisotopic (exact) mass is 295 g/mol. The topological polar surface area (TPSA) is 40.5 Å². The molecule has 1 heterocycles. The molecule has 1 fully saturated rings. The first kappa shape index (κ1) is 14.7. The van der Waals surface area contributed by atoms with Gasteiger partial charge in [0.2, 0.25) is 5.82 Å². The summed E-state index contributed by atoms with van der Waals surface area (Å²) in [4.78, 5) is 12.8. The molecule has 1 amide bonds. The van der Waals surface area contributed by atoms with Crippen molar-refractivity contribution in [1.29, 1.82) is 0 Å². The molecule has 1 aliphatic heterocycles. The van der Waals surface area contributed by atoms with Gasteiger partial charge in [-0.3, -0.25) is 4.79 Å². The highest BCUT2D eigenvalue weighted by molar-refractivity contribution is 5.95. The molecule has 0 aliphatic carbocycles. The Hall–Kier alpha value is -1.70. The molecule has 0 bridgehead atoms. The van der Waals surface area contributed by atoms with Crippen LogP contribution in [0.25, 0.3) is 0 Å². The summed E-state index contributed by atoms with van der Waals surface area (Å²) < 4.78 is 65.8. The number of amides is 1. The van der Waals surface area contributed by atoms with Crippen molar-refractivity contribution in [1.82, 2.24) is 4.90 Å². The Morgan fingerprint density at radius 2 is 1.55 bits per heavy atom. The van der Waals surface area contributed by atoms with Crippen LogP contribution in [0.1, 0.15) is 16.8 Å². The second-order valence-corrected chi connectivity index (χ2v) is 4.53. The number of benzene rings is 1. The van der Waals surface area contributed by atoms with Gasteiger partial charge in [0.25, 0.3) is 5.91 Å². The van der Waals surface area contributed by atoms with E-state index in [0.717, 1.165) is 4.90 Å². The molecule has 8 heteroatoms. The summed E-state index contributed by atoms with van der Waals surface area (Å²) in [6.07, 6.45) is 0.400. The van der Waals surface area contributed by atoms with Crippen LogP contribution in [0.15, 0.2) is 0 Å². The SMILES string of the molecule is O=C(c1c(F)c(F)c(F)c(F)c1F)N1CCC(CO)C1. The van der Waals surface area contributed by atoms with Crippen LogP contribution in [0.3, 0.4) is 0 Å². The van der Waals surface area contributed by atoms with Crippen LogP contribution < -0.4 is 0 Å². The lowest BCUT2D eigenvalue weighted by molar-refractivity contribution is 0.0768. The fourth-order valence-electron chi connectivity index (χ4n) is 2.12. The summed E-state index contributed by atoms with van der Waals surface area (Å²) in [5, 5.41) is 8.91. The maximum atomic E-state index is 13.5. The van der Waals surface area contributed by atoms with Crippen LogP contribution >= 0.6 is 0 Å². The highest BCUT2D eigenvalue weighted by Crippen LogP contribution is 2.26. The van der Waals surface area contributed by atoms with E-state index in [-0.39, 0.29) is 25.6 Å². The van der Waals surface area contributed by atoms with E-state index in [1.54, 1.807) is 0 Å². The number of hydrogen-bond acceptors (Lipinski definition) is 2. The fraction of sp³-hybridized carbons (Fsp3) is 0.417. The number of carbonyl (C=O) groups excluding carboxylic acids is 1. The summed E-state index contributed by atoms with van der Waals surface area (Å²) in [5.41, 5.74) is -1.46. The number of halogens is 5. The van der Waals surface area contributed by atoms with Gasteiger partial charge in [-0.15, -0.1) is 0 Å². The Labute approximate surface area is 110 Å². The van der Waals surface area contributed by atoms with Gasteiger partial charge >= 0.3 is 0 Å². The molecule has 0 saturated carbocycles. The van der Waals surface area contributed by atoms with Gasteiger partial charge in [-0.25, -0.2) is 22.0 Å². The van der Waals surface area contributed by atoms with E-state index in [9.17, 15) is 26.7 Å². The third-order valence-corrected chi connectivity index (χ3v) is 3.25. The molecule has 1 aromatic carbocycles. The minimum absolute atomic E-state index is 0.00876. The molecule has 1 aliphatic rings. The van der Waals surface area contributed by atoms with Crippen molar-refractivity contribution in [2.24, 2.45) is 5.92 Å². The molecular formula is C12H10F5NO2. The standard InChI is InChI=1S/C12H10F5NO2/c13-7-6(8(14)10(16)11(17)9(7)15)12(20)18-2-1-5(3-18)4-19/h5,19H,1-4H2. The van der Waals surface area contributed by atoms with Crippen LogP contribution in [-0.2, 0) is 0 Å². The maximum absolute atomic E-state index is 13.5. The van der Waals surface area contributed by atoms with Crippen molar-refractivity contribution >= 4 is 5.91 Å². The average molecular weight is 295 g/mol. The number of carbonyl (C=O) groups is 1. The molecular weight excluding hydrogens is 285 g/mol. The molecule has 110 valence electrons. The Morgan fingerprint density at radius 3 is 2.00 bits per heavy atom. The molecule has 3 nitrogen and oxygen atoms in total. The quantitative estimate of drug-likeness (QED) is 0.514. The third kappa shape index (κ3) is 2.24. The molecule has 1 atom stereocenters. The summed E-state index contributed by atoms with van der Waals surface area (Å²) in [7, 11) is 0. The Kier molecular flexibility index (Phi) is 3.94. The summed E-state index contributed by atoms with van der Waals surface area (Å²) in [6, 6.07) is 0. The average Bonchev–Trinajstić information content (AvgIpc) is 2.92. The highest BCUT2D eigenvalue weighted by atomic mass is 19.2. The van der Waals surface area contributed by atoms with Crippen molar-refractivity contribution in [2.75, 3.05) is 19.7 Å². The summed E-state index contributed by atoms with van der Waals surface area (Å²) in [5.74, 6) is -12.4. The Morgan fingerprint density at radius 1 is 1.05 bits per heavy atom. The fourth-order valence-corrected chi connectivity index (χ4v) is 2.12. The van der Waals surface area contributed by atoms with Crippen LogP contribution in [0.2, 0.25) is 0 Å². The minimum Gasteiger partial charge on any atom is -0.396 e. The normalized spacial score (nSPS) is 18.7. The van der Waals surface area contributed by atoms with Gasteiger partial charge in [0.1, 0.15) is 5.56 Å². The molecule has 1 saturated heterocycles. The molecule has 1 N–H and O–H groups in total. The van der Waals surface area contributed by atoms with Gasteiger partial charge in [-0.2, -0.15) is 0 Å². The lowest BCUT2D eigenvalue weighted by Gasteiger charge is -2.17. The Balaban J connectivity index is 2.41. The van der Waals surface area contributed by atoms with Crippen LogP contribution in [0, 0.1) is 35.0 Å². The zero-order valence-electron chi connectivity index (χ0n) is 10.1. The van der Waals surface area contributed by atoms with E-state index < -0.39 is 40.6 Å². The molecule has 1 aromatic rings. The van der Waals surface area contributed by atoms with Gasteiger partial charge in [0.15, 0.2) is 23.3 Å². The van der Waals surface area contributed by atoms with Gasteiger partial charge in [-0.05, 0) is 6.42 Å². The van der Waals surface area contributed by atoms with E-state index in [0.29, 0.717) is 6.42 Å². The van der Waals surface area contributed by atoms with Gasteiger partial charge in [-0.1, -0.05) is 0 Å². The molecule has 0 radical (unpaired) electrons. The minimum atomic E-state index is -2.30. The van der Waals surface area contributed by atoms with E-state index in [1.807, 2.05) is 0 Å². The van der Waals surface area contributed by atoms with Crippen LogP contribution in [0.4, 0.5) is 22.0 Å². The van der Waals surface area contributed by atoms with Crippen LogP contribution in [-0.4, -0.2) is 35.6 Å². The number of likely N-dealkylation sites (tertiary alicyclic amines) is 1. The lowest BCUT2D eigenvalue weighted by Crippen LogP contribution is -2.31. The smallest absolute Gasteiger partial charge is 0.260 e. The van der Waals surface area contributed by atoms with E-state index >= 15 is 0 Å². The largest absolute Gasteiger partial charge is 0.396 e. The predicted molar refractivity (Wildman–Crippen MR) is 57.3 cm³/mol. The van der Waals surface area contributed by atoms with E-state index in [1.165, 1.54) is 0 Å². The zero-order valence-corrected chi connectivity index (χ0v) is 10.1. The molecule has 2 rings (SSSR count). The first-order chi connectivity index (χ1) is 9.38. The third-order valence-electron chi connectivity index (χ3n) is 3.25. The molecule has 0 spiro atoms. The maximum Gasteiger partial charge on any atom is 0.260 e. The number of hydrogen-bond donors (Lipinski definition) is 1. The second kappa shape index (κ2) is 5.35. The van der Waals surface area contributed by atoms with E-state index in [4.69, 9.17) is 5.11 Å². The van der Waals surface area contributed by atoms with Crippen molar-refractivity contribution in [3.8, 4) is 0 Å². The van der Waals surface area contributed by atoms with E-state index in [2.05, 4.69) is 0 Å². The van der Waals surface area contributed by atoms with Crippen molar-refractivity contribution in [2.45, 2.75) is 6.42 Å². The zero-order chi connectivity index (χ0) is 15.0. The van der Waals surface area contributed by atoms with Gasteiger partial charge in [0, 0.05) is 25.6 Å². The lowest BCUT2D eigenvalue weighted by atomic mass is 10.1. The first-order valence-electron chi connectivity index (χ1n) is 5.80. The van der Waals surface area contributed by atoms with Crippen molar-refractivity contribution in [3.63, 3.8) is 0 Å².